The Balaban J connectivity index is 1.82. The molecule has 25 heavy (non-hydrogen) atoms. The van der Waals surface area contributed by atoms with Crippen LogP contribution in [0.4, 0.5) is 0 Å². The number of carbonyl (C=O) groups excluding carboxylic acids is 1. The van der Waals surface area contributed by atoms with Crippen molar-refractivity contribution in [2.45, 2.75) is 56.9 Å². The topological polar surface area (TPSA) is 83.5 Å². The maximum Gasteiger partial charge on any atom is 0.223 e. The number of benzene rings is 1. The predicted molar refractivity (Wildman–Crippen MR) is 97.8 cm³/mol. The second kappa shape index (κ2) is 9.34. The van der Waals surface area contributed by atoms with Crippen LogP contribution < -0.4 is 5.32 Å². The van der Waals surface area contributed by atoms with Crippen LogP contribution in [0.2, 0.25) is 0 Å². The molecule has 0 spiro atoms. The van der Waals surface area contributed by atoms with Gasteiger partial charge in [0.05, 0.1) is 17.3 Å². The van der Waals surface area contributed by atoms with Crippen LogP contribution in [0, 0.1) is 11.8 Å². The van der Waals surface area contributed by atoms with E-state index in [4.69, 9.17) is 5.11 Å². The summed E-state index contributed by atoms with van der Waals surface area (Å²) in [4.78, 5) is 12.5. The third kappa shape index (κ3) is 6.12. The van der Waals surface area contributed by atoms with Crippen molar-refractivity contribution in [2.75, 3.05) is 12.4 Å². The van der Waals surface area contributed by atoms with Crippen LogP contribution in [0.25, 0.3) is 0 Å². The minimum atomic E-state index is -3.43. The van der Waals surface area contributed by atoms with Gasteiger partial charge >= 0.3 is 0 Å². The first kappa shape index (κ1) is 19.9. The number of aliphatic hydroxyl groups is 1. The number of sulfone groups is 1. The first-order valence-corrected chi connectivity index (χ1v) is 10.8. The van der Waals surface area contributed by atoms with Gasteiger partial charge in [-0.05, 0) is 30.0 Å². The van der Waals surface area contributed by atoms with Crippen LogP contribution in [-0.4, -0.2) is 31.8 Å². The Morgan fingerprint density at radius 3 is 2.44 bits per heavy atom. The molecule has 1 aromatic carbocycles. The smallest absolute Gasteiger partial charge is 0.223 e. The highest BCUT2D eigenvalue weighted by Crippen LogP contribution is 2.29. The van der Waals surface area contributed by atoms with Crippen molar-refractivity contribution < 1.29 is 18.3 Å². The van der Waals surface area contributed by atoms with E-state index >= 15 is 0 Å². The lowest BCUT2D eigenvalue weighted by Gasteiger charge is -2.24. The molecule has 1 unspecified atom stereocenters. The zero-order chi connectivity index (χ0) is 18.3. The second-order valence-electron chi connectivity index (χ2n) is 7.05. The van der Waals surface area contributed by atoms with E-state index in [1.54, 1.807) is 12.1 Å². The molecule has 1 aromatic rings. The molecule has 0 heterocycles. The predicted octanol–water partition coefficient (Wildman–Crippen LogP) is 2.68. The zero-order valence-corrected chi connectivity index (χ0v) is 15.7. The molecule has 1 atom stereocenters. The standard InChI is InChI=1S/C19H29NO4S/c1-15(13-16-5-3-2-4-6-16)19(22)20-14-17-7-9-18(10-8-17)25(23,24)12-11-21/h7-10,15-16,21H,2-6,11-14H2,1H3,(H,20,22). The monoisotopic (exact) mass is 367 g/mol. The maximum atomic E-state index is 12.3. The molecule has 0 radical (unpaired) electrons. The first-order chi connectivity index (χ1) is 11.9. The molecule has 0 saturated heterocycles. The van der Waals surface area contributed by atoms with Crippen molar-refractivity contribution in [3.05, 3.63) is 29.8 Å². The van der Waals surface area contributed by atoms with Gasteiger partial charge in [0, 0.05) is 12.5 Å². The summed E-state index contributed by atoms with van der Waals surface area (Å²) in [5.74, 6) is 0.460. The molecular weight excluding hydrogens is 338 g/mol. The number of aliphatic hydroxyl groups excluding tert-OH is 1. The van der Waals surface area contributed by atoms with Gasteiger partial charge in [-0.15, -0.1) is 0 Å². The Morgan fingerprint density at radius 1 is 1.20 bits per heavy atom. The van der Waals surface area contributed by atoms with Gasteiger partial charge in [0.1, 0.15) is 0 Å². The van der Waals surface area contributed by atoms with Gasteiger partial charge < -0.3 is 10.4 Å². The Kier molecular flexibility index (Phi) is 7.44. The molecule has 0 aliphatic heterocycles. The molecule has 1 aliphatic carbocycles. The van der Waals surface area contributed by atoms with E-state index in [0.717, 1.165) is 12.0 Å². The summed E-state index contributed by atoms with van der Waals surface area (Å²) < 4.78 is 23.7. The van der Waals surface area contributed by atoms with Gasteiger partial charge in [0.15, 0.2) is 9.84 Å². The van der Waals surface area contributed by atoms with Crippen molar-refractivity contribution in [1.29, 1.82) is 0 Å². The average Bonchev–Trinajstić information content (AvgIpc) is 2.61. The van der Waals surface area contributed by atoms with Crippen molar-refractivity contribution in [3.63, 3.8) is 0 Å². The number of nitrogens with one attached hydrogen (secondary N) is 1. The van der Waals surface area contributed by atoms with Gasteiger partial charge in [-0.2, -0.15) is 0 Å². The van der Waals surface area contributed by atoms with E-state index in [1.165, 1.54) is 44.2 Å². The van der Waals surface area contributed by atoms with Crippen molar-refractivity contribution in [2.24, 2.45) is 11.8 Å². The first-order valence-electron chi connectivity index (χ1n) is 9.12. The third-order valence-electron chi connectivity index (χ3n) is 4.97. The molecule has 2 rings (SSSR count). The summed E-state index contributed by atoms with van der Waals surface area (Å²) in [6, 6.07) is 6.46. The molecule has 5 nitrogen and oxygen atoms in total. The van der Waals surface area contributed by atoms with Gasteiger partial charge in [-0.25, -0.2) is 8.42 Å². The van der Waals surface area contributed by atoms with Gasteiger partial charge in [0.2, 0.25) is 5.91 Å². The molecule has 1 saturated carbocycles. The van der Waals surface area contributed by atoms with Crippen LogP contribution in [-0.2, 0) is 21.2 Å². The van der Waals surface area contributed by atoms with Crippen LogP contribution >= 0.6 is 0 Å². The Labute approximate surface area is 150 Å². The average molecular weight is 368 g/mol. The summed E-state index contributed by atoms with van der Waals surface area (Å²) >= 11 is 0. The Hall–Kier alpha value is -1.40. The van der Waals surface area contributed by atoms with Gasteiger partial charge in [-0.1, -0.05) is 51.2 Å². The van der Waals surface area contributed by atoms with Crippen LogP contribution in [0.5, 0.6) is 0 Å². The number of amides is 1. The molecule has 1 fully saturated rings. The molecule has 0 bridgehead atoms. The van der Waals surface area contributed by atoms with Crippen LogP contribution in [0.3, 0.4) is 0 Å². The summed E-state index contributed by atoms with van der Waals surface area (Å²) in [6.07, 6.45) is 7.31. The second-order valence-corrected chi connectivity index (χ2v) is 9.15. The molecular formula is C19H29NO4S. The fraction of sp³-hybridized carbons (Fsp3) is 0.632. The highest BCUT2D eigenvalue weighted by Gasteiger charge is 2.20. The Morgan fingerprint density at radius 2 is 1.84 bits per heavy atom. The van der Waals surface area contributed by atoms with E-state index in [9.17, 15) is 13.2 Å². The highest BCUT2D eigenvalue weighted by atomic mass is 32.2. The molecule has 0 aromatic heterocycles. The molecule has 6 heteroatoms. The van der Waals surface area contributed by atoms with E-state index in [1.807, 2.05) is 6.92 Å². The molecule has 1 aliphatic rings. The van der Waals surface area contributed by atoms with Crippen molar-refractivity contribution >= 4 is 15.7 Å². The summed E-state index contributed by atoms with van der Waals surface area (Å²) in [7, 11) is -3.43. The summed E-state index contributed by atoms with van der Waals surface area (Å²) in [6.45, 7) is 1.99. The van der Waals surface area contributed by atoms with E-state index < -0.39 is 9.84 Å². The van der Waals surface area contributed by atoms with Gasteiger partial charge in [0.25, 0.3) is 0 Å². The molecule has 140 valence electrons. The minimum Gasteiger partial charge on any atom is -0.395 e. The van der Waals surface area contributed by atoms with Crippen molar-refractivity contribution in [3.8, 4) is 0 Å². The van der Waals surface area contributed by atoms with Crippen LogP contribution in [0.1, 0.15) is 51.0 Å². The van der Waals surface area contributed by atoms with E-state index in [0.29, 0.717) is 12.5 Å². The fourth-order valence-corrected chi connectivity index (χ4v) is 4.47. The number of hydrogen-bond donors (Lipinski definition) is 2. The highest BCUT2D eigenvalue weighted by molar-refractivity contribution is 7.91. The minimum absolute atomic E-state index is 0.00676. The largest absolute Gasteiger partial charge is 0.395 e. The normalized spacial score (nSPS) is 17.2. The number of hydrogen-bond acceptors (Lipinski definition) is 4. The lowest BCUT2D eigenvalue weighted by atomic mass is 9.83. The molecule has 2 N–H and O–H groups in total. The fourth-order valence-electron chi connectivity index (χ4n) is 3.45. The summed E-state index contributed by atoms with van der Waals surface area (Å²) in [5, 5.41) is 11.7. The lowest BCUT2D eigenvalue weighted by Crippen LogP contribution is -2.30. The van der Waals surface area contributed by atoms with E-state index in [-0.39, 0.29) is 29.1 Å². The van der Waals surface area contributed by atoms with Crippen LogP contribution in [0.15, 0.2) is 29.2 Å². The Bertz CT molecular complexity index is 649. The maximum absolute atomic E-state index is 12.3. The number of carbonyl (C=O) groups is 1. The zero-order valence-electron chi connectivity index (χ0n) is 14.9. The lowest BCUT2D eigenvalue weighted by molar-refractivity contribution is -0.125. The van der Waals surface area contributed by atoms with Gasteiger partial charge in [-0.3, -0.25) is 4.79 Å². The quantitative estimate of drug-likeness (QED) is 0.740. The SMILES string of the molecule is CC(CC1CCCCC1)C(=O)NCc1ccc(S(=O)(=O)CCO)cc1. The van der Waals surface area contributed by atoms with E-state index in [2.05, 4.69) is 5.32 Å². The number of rotatable bonds is 8. The van der Waals surface area contributed by atoms with Crippen molar-refractivity contribution in [1.82, 2.24) is 5.32 Å². The third-order valence-corrected chi connectivity index (χ3v) is 6.68. The molecule has 1 amide bonds. The summed E-state index contributed by atoms with van der Waals surface area (Å²) in [5.41, 5.74) is 0.862.